The first-order valence-electron chi connectivity index (χ1n) is 6.96. The van der Waals surface area contributed by atoms with Crippen molar-refractivity contribution in [2.45, 2.75) is 33.4 Å². The van der Waals surface area contributed by atoms with Crippen molar-refractivity contribution in [3.05, 3.63) is 51.4 Å². The first-order chi connectivity index (χ1) is 10.1. The van der Waals surface area contributed by atoms with Crippen LogP contribution in [0.3, 0.4) is 0 Å². The summed E-state index contributed by atoms with van der Waals surface area (Å²) < 4.78 is 11.5. The van der Waals surface area contributed by atoms with Gasteiger partial charge in [-0.1, -0.05) is 30.1 Å². The average Bonchev–Trinajstić information content (AvgIpc) is 2.77. The molecule has 0 atom stereocenters. The van der Waals surface area contributed by atoms with Gasteiger partial charge in [-0.15, -0.1) is 0 Å². The summed E-state index contributed by atoms with van der Waals surface area (Å²) in [6.07, 6.45) is 1.10. The molecule has 0 bridgehead atoms. The zero-order valence-electron chi connectivity index (χ0n) is 12.2. The molecule has 1 aromatic heterocycles. The van der Waals surface area contributed by atoms with Crippen LogP contribution in [0.2, 0.25) is 10.0 Å². The summed E-state index contributed by atoms with van der Waals surface area (Å²) in [5.74, 6) is 2.37. The van der Waals surface area contributed by atoms with E-state index >= 15 is 0 Å². The summed E-state index contributed by atoms with van der Waals surface area (Å²) in [6.45, 7) is 6.24. The van der Waals surface area contributed by atoms with E-state index in [0.29, 0.717) is 22.4 Å². The molecule has 114 valence electrons. The minimum absolute atomic E-state index is 0.352. The van der Waals surface area contributed by atoms with Crippen molar-refractivity contribution in [1.82, 2.24) is 5.32 Å². The van der Waals surface area contributed by atoms with Crippen molar-refractivity contribution in [3.63, 3.8) is 0 Å². The van der Waals surface area contributed by atoms with Gasteiger partial charge in [-0.05, 0) is 49.7 Å². The van der Waals surface area contributed by atoms with Gasteiger partial charge in [0.2, 0.25) is 0 Å². The number of furan rings is 1. The molecule has 2 aromatic rings. The van der Waals surface area contributed by atoms with Crippen LogP contribution < -0.4 is 10.1 Å². The second-order valence-corrected chi connectivity index (χ2v) is 5.76. The smallest absolute Gasteiger partial charge is 0.146 e. The fraction of sp³-hybridized carbons (Fsp3) is 0.375. The molecular weight excluding hydrogens is 309 g/mol. The number of halogens is 2. The maximum absolute atomic E-state index is 5.94. The van der Waals surface area contributed by atoms with Crippen LogP contribution in [0, 0.1) is 6.92 Å². The molecule has 0 saturated carbocycles. The van der Waals surface area contributed by atoms with Crippen molar-refractivity contribution in [3.8, 4) is 5.75 Å². The highest BCUT2D eigenvalue weighted by Gasteiger charge is 2.08. The quantitative estimate of drug-likeness (QED) is 0.729. The Hall–Kier alpha value is -1.16. The fourth-order valence-corrected chi connectivity index (χ4v) is 2.49. The van der Waals surface area contributed by atoms with Crippen molar-refractivity contribution in [2.75, 3.05) is 6.54 Å². The third-order valence-electron chi connectivity index (χ3n) is 3.00. The lowest BCUT2D eigenvalue weighted by Crippen LogP contribution is -2.13. The molecule has 1 heterocycles. The van der Waals surface area contributed by atoms with Gasteiger partial charge in [-0.3, -0.25) is 0 Å². The third kappa shape index (κ3) is 4.95. The molecule has 0 amide bonds. The molecule has 2 rings (SSSR count). The van der Waals surface area contributed by atoms with Crippen LogP contribution in [-0.4, -0.2) is 6.54 Å². The van der Waals surface area contributed by atoms with E-state index in [-0.39, 0.29) is 0 Å². The van der Waals surface area contributed by atoms with Gasteiger partial charge in [-0.2, -0.15) is 0 Å². The van der Waals surface area contributed by atoms with Crippen LogP contribution >= 0.6 is 23.2 Å². The standard InChI is InChI=1S/C16H19Cl2NO2/c1-3-4-19-9-16-11(2)5-15(21-16)10-20-14-7-12(17)6-13(18)8-14/h5-8,19H,3-4,9-10H2,1-2H3. The summed E-state index contributed by atoms with van der Waals surface area (Å²) in [5.41, 5.74) is 1.13. The van der Waals surface area contributed by atoms with E-state index in [1.54, 1.807) is 18.2 Å². The Bertz CT molecular complexity index is 576. The van der Waals surface area contributed by atoms with Crippen LogP contribution in [0.15, 0.2) is 28.7 Å². The molecule has 0 spiro atoms. The predicted octanol–water partition coefficient (Wildman–Crippen LogP) is 4.97. The molecule has 21 heavy (non-hydrogen) atoms. The van der Waals surface area contributed by atoms with E-state index < -0.39 is 0 Å². The predicted molar refractivity (Wildman–Crippen MR) is 86.2 cm³/mol. The van der Waals surface area contributed by atoms with Crippen LogP contribution in [-0.2, 0) is 13.2 Å². The maximum Gasteiger partial charge on any atom is 0.146 e. The lowest BCUT2D eigenvalue weighted by atomic mass is 10.2. The third-order valence-corrected chi connectivity index (χ3v) is 3.44. The molecule has 1 N–H and O–H groups in total. The largest absolute Gasteiger partial charge is 0.486 e. The highest BCUT2D eigenvalue weighted by Crippen LogP contribution is 2.25. The van der Waals surface area contributed by atoms with Crippen LogP contribution in [0.4, 0.5) is 0 Å². The second kappa shape index (κ2) is 7.74. The zero-order chi connectivity index (χ0) is 15.2. The van der Waals surface area contributed by atoms with Crippen LogP contribution in [0.1, 0.15) is 30.4 Å². The Labute approximate surface area is 135 Å². The first kappa shape index (κ1) is 16.2. The number of hydrogen-bond donors (Lipinski definition) is 1. The minimum Gasteiger partial charge on any atom is -0.486 e. The van der Waals surface area contributed by atoms with Gasteiger partial charge < -0.3 is 14.5 Å². The van der Waals surface area contributed by atoms with Gasteiger partial charge in [0.25, 0.3) is 0 Å². The summed E-state index contributed by atoms with van der Waals surface area (Å²) in [4.78, 5) is 0. The Balaban J connectivity index is 1.95. The summed E-state index contributed by atoms with van der Waals surface area (Å²) in [7, 11) is 0. The average molecular weight is 328 g/mol. The van der Waals surface area contributed by atoms with E-state index in [2.05, 4.69) is 12.2 Å². The van der Waals surface area contributed by atoms with Crippen molar-refractivity contribution < 1.29 is 9.15 Å². The van der Waals surface area contributed by atoms with Gasteiger partial charge in [-0.25, -0.2) is 0 Å². The molecule has 0 fully saturated rings. The van der Waals surface area contributed by atoms with E-state index in [1.165, 1.54) is 0 Å². The van der Waals surface area contributed by atoms with Gasteiger partial charge in [0, 0.05) is 10.0 Å². The Morgan fingerprint density at radius 1 is 1.14 bits per heavy atom. The van der Waals surface area contributed by atoms with E-state index in [0.717, 1.165) is 36.6 Å². The van der Waals surface area contributed by atoms with Gasteiger partial charge in [0.1, 0.15) is 23.9 Å². The van der Waals surface area contributed by atoms with E-state index in [1.807, 2.05) is 13.0 Å². The molecule has 0 aliphatic heterocycles. The lowest BCUT2D eigenvalue weighted by molar-refractivity contribution is 0.265. The Morgan fingerprint density at radius 3 is 2.52 bits per heavy atom. The Morgan fingerprint density at radius 2 is 1.86 bits per heavy atom. The summed E-state index contributed by atoms with van der Waals surface area (Å²) >= 11 is 11.9. The monoisotopic (exact) mass is 327 g/mol. The number of rotatable bonds is 7. The van der Waals surface area contributed by atoms with Crippen molar-refractivity contribution >= 4 is 23.2 Å². The summed E-state index contributed by atoms with van der Waals surface area (Å²) in [5, 5.41) is 4.43. The first-order valence-corrected chi connectivity index (χ1v) is 7.72. The maximum atomic E-state index is 5.94. The van der Waals surface area contributed by atoms with Gasteiger partial charge >= 0.3 is 0 Å². The lowest BCUT2D eigenvalue weighted by Gasteiger charge is -2.05. The van der Waals surface area contributed by atoms with Crippen molar-refractivity contribution in [2.24, 2.45) is 0 Å². The highest BCUT2D eigenvalue weighted by molar-refractivity contribution is 6.34. The molecule has 0 saturated heterocycles. The molecule has 3 nitrogen and oxygen atoms in total. The normalized spacial score (nSPS) is 10.9. The molecular formula is C16H19Cl2NO2. The second-order valence-electron chi connectivity index (χ2n) is 4.89. The van der Waals surface area contributed by atoms with Gasteiger partial charge in [0.15, 0.2) is 0 Å². The highest BCUT2D eigenvalue weighted by atomic mass is 35.5. The molecule has 0 aliphatic rings. The Kier molecular flexibility index (Phi) is 5.97. The van der Waals surface area contributed by atoms with Crippen LogP contribution in [0.25, 0.3) is 0 Å². The zero-order valence-corrected chi connectivity index (χ0v) is 13.7. The van der Waals surface area contributed by atoms with Crippen molar-refractivity contribution in [1.29, 1.82) is 0 Å². The number of benzene rings is 1. The SMILES string of the molecule is CCCNCc1oc(COc2cc(Cl)cc(Cl)c2)cc1C. The van der Waals surface area contributed by atoms with Crippen LogP contribution in [0.5, 0.6) is 5.75 Å². The number of aryl methyl sites for hydroxylation is 1. The number of hydrogen-bond acceptors (Lipinski definition) is 3. The topological polar surface area (TPSA) is 34.4 Å². The molecule has 1 aromatic carbocycles. The fourth-order valence-electron chi connectivity index (χ4n) is 1.98. The molecule has 0 aliphatic carbocycles. The van der Waals surface area contributed by atoms with E-state index in [9.17, 15) is 0 Å². The number of ether oxygens (including phenoxy) is 1. The molecule has 0 unspecified atom stereocenters. The summed E-state index contributed by atoms with van der Waals surface area (Å²) in [6, 6.07) is 7.12. The molecule has 0 radical (unpaired) electrons. The van der Waals surface area contributed by atoms with Gasteiger partial charge in [0.05, 0.1) is 6.54 Å². The minimum atomic E-state index is 0.352. The molecule has 5 heteroatoms. The number of nitrogens with one attached hydrogen (secondary N) is 1. The van der Waals surface area contributed by atoms with E-state index in [4.69, 9.17) is 32.4 Å².